The number of aromatic nitrogens is 2. The summed E-state index contributed by atoms with van der Waals surface area (Å²) in [6.45, 7) is 4.03. The van der Waals surface area contributed by atoms with Gasteiger partial charge in [0.1, 0.15) is 0 Å². The normalized spacial score (nSPS) is 18.8. The molecule has 0 radical (unpaired) electrons. The van der Waals surface area contributed by atoms with E-state index in [0.717, 1.165) is 22.3 Å². The Labute approximate surface area is 114 Å². The molecule has 3 nitrogen and oxygen atoms in total. The van der Waals surface area contributed by atoms with E-state index in [4.69, 9.17) is 5.73 Å². The fraction of sp³-hybridized carbons (Fsp3) is 0.714. The second-order valence-electron chi connectivity index (χ2n) is 5.31. The number of nitrogens with two attached hydrogens (primary N) is 1. The molecule has 1 aromatic rings. The van der Waals surface area contributed by atoms with Crippen molar-refractivity contribution in [1.82, 2.24) is 9.97 Å². The quantitative estimate of drug-likeness (QED) is 0.671. The molecule has 1 aromatic heterocycles. The van der Waals surface area contributed by atoms with Gasteiger partial charge in [-0.15, -0.1) is 0 Å². The van der Waals surface area contributed by atoms with Crippen LogP contribution in [0.1, 0.15) is 43.5 Å². The van der Waals surface area contributed by atoms with Gasteiger partial charge in [-0.2, -0.15) is 0 Å². The van der Waals surface area contributed by atoms with Crippen LogP contribution in [0.25, 0.3) is 0 Å². The van der Waals surface area contributed by atoms with Crippen molar-refractivity contribution in [3.8, 4) is 0 Å². The third-order valence-corrected chi connectivity index (χ3v) is 4.61. The fourth-order valence-corrected chi connectivity index (χ4v) is 3.66. The SMILES string of the molecule is Cc1cc(C)nc(SCC(N)C2CCCCC2)n1. The van der Waals surface area contributed by atoms with Gasteiger partial charge in [-0.25, -0.2) is 9.97 Å². The predicted molar refractivity (Wildman–Crippen MR) is 76.8 cm³/mol. The van der Waals surface area contributed by atoms with Crippen molar-refractivity contribution in [3.63, 3.8) is 0 Å². The first-order chi connectivity index (χ1) is 8.65. The van der Waals surface area contributed by atoms with Crippen LogP contribution < -0.4 is 5.73 Å². The summed E-state index contributed by atoms with van der Waals surface area (Å²) in [5.74, 6) is 1.64. The van der Waals surface area contributed by atoms with Crippen LogP contribution in [0.2, 0.25) is 0 Å². The summed E-state index contributed by atoms with van der Waals surface area (Å²) in [5, 5.41) is 0.874. The zero-order chi connectivity index (χ0) is 13.0. The fourth-order valence-electron chi connectivity index (χ4n) is 2.63. The van der Waals surface area contributed by atoms with Crippen LogP contribution in [0.3, 0.4) is 0 Å². The lowest BCUT2D eigenvalue weighted by atomic mass is 9.85. The van der Waals surface area contributed by atoms with E-state index in [1.807, 2.05) is 19.9 Å². The molecule has 0 aromatic carbocycles. The van der Waals surface area contributed by atoms with Gasteiger partial charge in [-0.3, -0.25) is 0 Å². The lowest BCUT2D eigenvalue weighted by Gasteiger charge is -2.27. The van der Waals surface area contributed by atoms with Gasteiger partial charge < -0.3 is 5.73 Å². The molecule has 2 rings (SSSR count). The van der Waals surface area contributed by atoms with Crippen molar-refractivity contribution in [2.75, 3.05) is 5.75 Å². The molecule has 1 unspecified atom stereocenters. The second kappa shape index (κ2) is 6.53. The van der Waals surface area contributed by atoms with E-state index in [9.17, 15) is 0 Å². The van der Waals surface area contributed by atoms with Gasteiger partial charge in [-0.05, 0) is 38.7 Å². The zero-order valence-corrected chi connectivity index (χ0v) is 12.2. The molecular weight excluding hydrogens is 242 g/mol. The molecule has 0 spiro atoms. The standard InChI is InChI=1S/C14H23N3S/c1-10-8-11(2)17-14(16-10)18-9-13(15)12-6-4-3-5-7-12/h8,12-13H,3-7,9,15H2,1-2H3. The van der Waals surface area contributed by atoms with Crippen LogP contribution >= 0.6 is 11.8 Å². The van der Waals surface area contributed by atoms with E-state index in [2.05, 4.69) is 9.97 Å². The van der Waals surface area contributed by atoms with E-state index >= 15 is 0 Å². The van der Waals surface area contributed by atoms with Crippen LogP contribution in [-0.4, -0.2) is 21.8 Å². The minimum Gasteiger partial charge on any atom is -0.327 e. The van der Waals surface area contributed by atoms with Crippen molar-refractivity contribution in [2.24, 2.45) is 11.7 Å². The third-order valence-electron chi connectivity index (χ3n) is 3.62. The van der Waals surface area contributed by atoms with Crippen molar-refractivity contribution >= 4 is 11.8 Å². The molecule has 0 saturated heterocycles. The summed E-state index contributed by atoms with van der Waals surface area (Å²) in [7, 11) is 0. The summed E-state index contributed by atoms with van der Waals surface area (Å²) in [6.07, 6.45) is 6.69. The molecule has 1 atom stereocenters. The maximum atomic E-state index is 6.30. The van der Waals surface area contributed by atoms with Gasteiger partial charge >= 0.3 is 0 Å². The van der Waals surface area contributed by atoms with Crippen LogP contribution in [0.5, 0.6) is 0 Å². The molecule has 2 N–H and O–H groups in total. The number of hydrogen-bond donors (Lipinski definition) is 1. The van der Waals surface area contributed by atoms with Crippen molar-refractivity contribution < 1.29 is 0 Å². The summed E-state index contributed by atoms with van der Waals surface area (Å²) < 4.78 is 0. The van der Waals surface area contributed by atoms with Gasteiger partial charge in [0.05, 0.1) is 0 Å². The largest absolute Gasteiger partial charge is 0.327 e. The van der Waals surface area contributed by atoms with Crippen LogP contribution in [0, 0.1) is 19.8 Å². The molecular formula is C14H23N3S. The summed E-state index contributed by atoms with van der Waals surface area (Å²) in [6, 6.07) is 2.30. The van der Waals surface area contributed by atoms with Gasteiger partial charge in [0.2, 0.25) is 0 Å². The molecule has 1 aliphatic rings. The monoisotopic (exact) mass is 265 g/mol. The first-order valence-corrected chi connectivity index (χ1v) is 7.84. The first kappa shape index (κ1) is 13.8. The Balaban J connectivity index is 1.86. The van der Waals surface area contributed by atoms with E-state index in [0.29, 0.717) is 12.0 Å². The van der Waals surface area contributed by atoms with Crippen molar-refractivity contribution in [1.29, 1.82) is 0 Å². The Hall–Kier alpha value is -0.610. The molecule has 1 saturated carbocycles. The topological polar surface area (TPSA) is 51.8 Å². The van der Waals surface area contributed by atoms with Gasteiger partial charge in [0.25, 0.3) is 0 Å². The molecule has 100 valence electrons. The highest BCUT2D eigenvalue weighted by Gasteiger charge is 2.20. The van der Waals surface area contributed by atoms with Gasteiger partial charge in [0, 0.05) is 23.2 Å². The number of nitrogens with zero attached hydrogens (tertiary/aromatic N) is 2. The molecule has 1 aliphatic carbocycles. The van der Waals surface area contributed by atoms with Crippen molar-refractivity contribution in [3.05, 3.63) is 17.5 Å². The Morgan fingerprint density at radius 1 is 1.22 bits per heavy atom. The summed E-state index contributed by atoms with van der Waals surface area (Å²) >= 11 is 1.70. The van der Waals surface area contributed by atoms with Gasteiger partial charge in [-0.1, -0.05) is 31.0 Å². The number of thioether (sulfide) groups is 1. The zero-order valence-electron chi connectivity index (χ0n) is 11.4. The highest BCUT2D eigenvalue weighted by Crippen LogP contribution is 2.28. The molecule has 1 fully saturated rings. The van der Waals surface area contributed by atoms with Crippen LogP contribution in [0.4, 0.5) is 0 Å². The van der Waals surface area contributed by atoms with Gasteiger partial charge in [0.15, 0.2) is 5.16 Å². The molecule has 0 amide bonds. The second-order valence-corrected chi connectivity index (χ2v) is 6.29. The smallest absolute Gasteiger partial charge is 0.188 e. The van der Waals surface area contributed by atoms with E-state index in [1.54, 1.807) is 11.8 Å². The highest BCUT2D eigenvalue weighted by atomic mass is 32.2. The van der Waals surface area contributed by atoms with E-state index in [1.165, 1.54) is 32.1 Å². The number of rotatable bonds is 4. The van der Waals surface area contributed by atoms with E-state index in [-0.39, 0.29) is 0 Å². The van der Waals surface area contributed by atoms with E-state index < -0.39 is 0 Å². The maximum Gasteiger partial charge on any atom is 0.188 e. The predicted octanol–water partition coefficient (Wildman–Crippen LogP) is 3.09. The van der Waals surface area contributed by atoms with Crippen molar-refractivity contribution in [2.45, 2.75) is 57.1 Å². The molecule has 18 heavy (non-hydrogen) atoms. The third kappa shape index (κ3) is 3.95. The minimum atomic E-state index is 0.291. The number of aryl methyl sites for hydroxylation is 2. The lowest BCUT2D eigenvalue weighted by molar-refractivity contribution is 0.319. The van der Waals surface area contributed by atoms with Crippen LogP contribution in [-0.2, 0) is 0 Å². The average molecular weight is 265 g/mol. The molecule has 0 aliphatic heterocycles. The Kier molecular flexibility index (Phi) is 5.01. The average Bonchev–Trinajstić information content (AvgIpc) is 2.36. The minimum absolute atomic E-state index is 0.291. The summed E-state index contributed by atoms with van der Waals surface area (Å²) in [4.78, 5) is 8.89. The highest BCUT2D eigenvalue weighted by molar-refractivity contribution is 7.99. The summed E-state index contributed by atoms with van der Waals surface area (Å²) in [5.41, 5.74) is 8.37. The Bertz CT molecular complexity index is 368. The maximum absolute atomic E-state index is 6.30. The number of hydrogen-bond acceptors (Lipinski definition) is 4. The molecule has 1 heterocycles. The molecule has 0 bridgehead atoms. The lowest BCUT2D eigenvalue weighted by Crippen LogP contribution is -2.33. The first-order valence-electron chi connectivity index (χ1n) is 6.86. The molecule has 4 heteroatoms. The Morgan fingerprint density at radius 2 is 1.83 bits per heavy atom. The Morgan fingerprint density at radius 3 is 2.44 bits per heavy atom. The van der Waals surface area contributed by atoms with Crippen LogP contribution in [0.15, 0.2) is 11.2 Å².